The Morgan fingerprint density at radius 2 is 1.97 bits per heavy atom. The van der Waals surface area contributed by atoms with Gasteiger partial charge >= 0.3 is 0 Å². The highest BCUT2D eigenvalue weighted by atomic mass is 127. The number of aliphatic imine (C=N–C) groups is 1. The van der Waals surface area contributed by atoms with Gasteiger partial charge in [0, 0.05) is 51.1 Å². The number of aryl methyl sites for hydroxylation is 2. The minimum absolute atomic E-state index is 0. The minimum Gasteiger partial charge on any atom is -0.497 e. The molecule has 1 N–H and O–H groups in total. The Balaban J connectivity index is 0.00000420. The molecule has 7 nitrogen and oxygen atoms in total. The maximum atomic E-state index is 5.52. The standard InChI is InChI=1S/C21H33N5O2.HI/c1-8-22-21(23-12-11-19-15(2)24-26(5)16(19)3)25(4)14-17-9-10-18(27-6)13-20(17)28-7;/h9-10,13H,8,11-12,14H2,1-7H3,(H,22,23);1H. The van der Waals surface area contributed by atoms with Crippen molar-refractivity contribution < 1.29 is 9.47 Å². The third-order valence-electron chi connectivity index (χ3n) is 4.88. The summed E-state index contributed by atoms with van der Waals surface area (Å²) in [6.45, 7) is 8.44. The zero-order valence-corrected chi connectivity index (χ0v) is 20.9. The molecule has 0 aliphatic rings. The highest BCUT2D eigenvalue weighted by Crippen LogP contribution is 2.25. The van der Waals surface area contributed by atoms with E-state index >= 15 is 0 Å². The van der Waals surface area contributed by atoms with Crippen molar-refractivity contribution >= 4 is 29.9 Å². The summed E-state index contributed by atoms with van der Waals surface area (Å²) in [7, 11) is 7.35. The molecule has 2 aromatic rings. The first kappa shape index (κ1) is 25.1. The summed E-state index contributed by atoms with van der Waals surface area (Å²) in [6, 6.07) is 5.88. The molecule has 0 saturated heterocycles. The number of nitrogens with one attached hydrogen (secondary N) is 1. The molecule has 0 unspecified atom stereocenters. The average Bonchev–Trinajstić information content (AvgIpc) is 2.93. The van der Waals surface area contributed by atoms with E-state index in [1.54, 1.807) is 14.2 Å². The van der Waals surface area contributed by atoms with Crippen LogP contribution in [0.3, 0.4) is 0 Å². The first-order chi connectivity index (χ1) is 13.4. The van der Waals surface area contributed by atoms with Crippen molar-refractivity contribution in [1.82, 2.24) is 20.0 Å². The fourth-order valence-corrected chi connectivity index (χ4v) is 3.24. The van der Waals surface area contributed by atoms with Crippen molar-refractivity contribution in [2.24, 2.45) is 12.0 Å². The van der Waals surface area contributed by atoms with Gasteiger partial charge in [0.2, 0.25) is 0 Å². The summed E-state index contributed by atoms with van der Waals surface area (Å²) in [5.74, 6) is 2.47. The van der Waals surface area contributed by atoms with Gasteiger partial charge in [-0.15, -0.1) is 24.0 Å². The van der Waals surface area contributed by atoms with Crippen LogP contribution in [0.5, 0.6) is 11.5 Å². The molecule has 0 aliphatic heterocycles. The van der Waals surface area contributed by atoms with Crippen LogP contribution < -0.4 is 14.8 Å². The maximum absolute atomic E-state index is 5.52. The highest BCUT2D eigenvalue weighted by molar-refractivity contribution is 14.0. The molecule has 0 atom stereocenters. The van der Waals surface area contributed by atoms with Crippen molar-refractivity contribution in [1.29, 1.82) is 0 Å². The van der Waals surface area contributed by atoms with Gasteiger partial charge in [-0.05, 0) is 44.9 Å². The van der Waals surface area contributed by atoms with E-state index in [9.17, 15) is 0 Å². The number of nitrogens with zero attached hydrogens (tertiary/aromatic N) is 4. The smallest absolute Gasteiger partial charge is 0.193 e. The number of hydrogen-bond acceptors (Lipinski definition) is 4. The van der Waals surface area contributed by atoms with Crippen LogP contribution in [0.4, 0.5) is 0 Å². The zero-order chi connectivity index (χ0) is 20.7. The van der Waals surface area contributed by atoms with Crippen molar-refractivity contribution in [2.45, 2.75) is 33.7 Å². The number of rotatable bonds is 8. The van der Waals surface area contributed by atoms with Gasteiger partial charge in [0.05, 0.1) is 19.9 Å². The summed E-state index contributed by atoms with van der Waals surface area (Å²) < 4.78 is 12.7. The van der Waals surface area contributed by atoms with Gasteiger partial charge in [0.25, 0.3) is 0 Å². The number of aromatic nitrogens is 2. The van der Waals surface area contributed by atoms with Gasteiger partial charge in [-0.2, -0.15) is 5.10 Å². The van der Waals surface area contributed by atoms with E-state index in [0.29, 0.717) is 13.1 Å². The fraction of sp³-hybridized carbons (Fsp3) is 0.524. The van der Waals surface area contributed by atoms with Crippen molar-refractivity contribution in [2.75, 3.05) is 34.4 Å². The third-order valence-corrected chi connectivity index (χ3v) is 4.88. The van der Waals surface area contributed by atoms with Crippen molar-refractivity contribution in [3.63, 3.8) is 0 Å². The molecule has 0 spiro atoms. The molecule has 0 bridgehead atoms. The molecule has 29 heavy (non-hydrogen) atoms. The topological polar surface area (TPSA) is 63.9 Å². The minimum atomic E-state index is 0. The van der Waals surface area contributed by atoms with E-state index < -0.39 is 0 Å². The molecular formula is C21H34IN5O2. The quantitative estimate of drug-likeness (QED) is 0.332. The predicted molar refractivity (Wildman–Crippen MR) is 129 cm³/mol. The Morgan fingerprint density at radius 3 is 2.52 bits per heavy atom. The number of benzene rings is 1. The van der Waals surface area contributed by atoms with Crippen LogP contribution in [-0.4, -0.2) is 55.0 Å². The molecule has 1 heterocycles. The van der Waals surface area contributed by atoms with Crippen LogP contribution in [-0.2, 0) is 20.0 Å². The second-order valence-corrected chi connectivity index (χ2v) is 6.79. The van der Waals surface area contributed by atoms with E-state index in [1.807, 2.05) is 37.0 Å². The number of methoxy groups -OCH3 is 2. The maximum Gasteiger partial charge on any atom is 0.193 e. The van der Waals surface area contributed by atoms with E-state index in [2.05, 4.69) is 36.1 Å². The molecule has 2 rings (SSSR count). The highest BCUT2D eigenvalue weighted by Gasteiger charge is 2.12. The monoisotopic (exact) mass is 515 g/mol. The summed E-state index contributed by atoms with van der Waals surface area (Å²) in [4.78, 5) is 6.92. The van der Waals surface area contributed by atoms with Gasteiger partial charge in [0.1, 0.15) is 11.5 Å². The molecule has 0 radical (unpaired) electrons. The lowest BCUT2D eigenvalue weighted by atomic mass is 10.1. The zero-order valence-electron chi connectivity index (χ0n) is 18.6. The van der Waals surface area contributed by atoms with Crippen LogP contribution >= 0.6 is 24.0 Å². The second kappa shape index (κ2) is 11.9. The van der Waals surface area contributed by atoms with Crippen LogP contribution in [0.2, 0.25) is 0 Å². The average molecular weight is 515 g/mol. The first-order valence-corrected chi connectivity index (χ1v) is 9.60. The van der Waals surface area contributed by atoms with E-state index in [0.717, 1.165) is 41.7 Å². The van der Waals surface area contributed by atoms with Crippen LogP contribution in [0.1, 0.15) is 29.4 Å². The number of guanidine groups is 1. The van der Waals surface area contributed by atoms with Crippen LogP contribution in [0.25, 0.3) is 0 Å². The Bertz CT molecular complexity index is 820. The Morgan fingerprint density at radius 1 is 1.24 bits per heavy atom. The van der Waals surface area contributed by atoms with Gasteiger partial charge in [-0.3, -0.25) is 9.67 Å². The van der Waals surface area contributed by atoms with E-state index in [-0.39, 0.29) is 24.0 Å². The summed E-state index contributed by atoms with van der Waals surface area (Å²) in [6.07, 6.45) is 0.875. The van der Waals surface area contributed by atoms with Gasteiger partial charge in [-0.25, -0.2) is 0 Å². The van der Waals surface area contributed by atoms with Gasteiger partial charge in [0.15, 0.2) is 5.96 Å². The Hall–Kier alpha value is -1.97. The molecule has 0 saturated carbocycles. The molecule has 0 amide bonds. The molecule has 1 aromatic heterocycles. The molecule has 8 heteroatoms. The Labute approximate surface area is 191 Å². The second-order valence-electron chi connectivity index (χ2n) is 6.79. The first-order valence-electron chi connectivity index (χ1n) is 9.60. The lowest BCUT2D eigenvalue weighted by Gasteiger charge is -2.23. The predicted octanol–water partition coefficient (Wildman–Crippen LogP) is 3.31. The molecule has 0 fully saturated rings. The van der Waals surface area contributed by atoms with Crippen LogP contribution in [0, 0.1) is 13.8 Å². The largest absolute Gasteiger partial charge is 0.497 e. The third kappa shape index (κ3) is 6.52. The molecule has 1 aromatic carbocycles. The number of ether oxygens (including phenoxy) is 2. The SMILES string of the molecule is CCNC(=NCCc1c(C)nn(C)c1C)N(C)Cc1ccc(OC)cc1OC.I. The number of halogens is 1. The van der Waals surface area contributed by atoms with Crippen molar-refractivity contribution in [3.8, 4) is 11.5 Å². The summed E-state index contributed by atoms with van der Waals surface area (Å²) in [5.41, 5.74) is 4.64. The lowest BCUT2D eigenvalue weighted by Crippen LogP contribution is -2.38. The summed E-state index contributed by atoms with van der Waals surface area (Å²) >= 11 is 0. The molecule has 162 valence electrons. The van der Waals surface area contributed by atoms with Crippen LogP contribution in [0.15, 0.2) is 23.2 Å². The van der Waals surface area contributed by atoms with E-state index in [4.69, 9.17) is 14.5 Å². The number of hydrogen-bond donors (Lipinski definition) is 1. The van der Waals surface area contributed by atoms with E-state index in [1.165, 1.54) is 11.3 Å². The normalized spacial score (nSPS) is 11.1. The van der Waals surface area contributed by atoms with Gasteiger partial charge in [-0.1, -0.05) is 0 Å². The molecule has 0 aliphatic carbocycles. The fourth-order valence-electron chi connectivity index (χ4n) is 3.24. The summed E-state index contributed by atoms with van der Waals surface area (Å²) in [5, 5.41) is 7.86. The van der Waals surface area contributed by atoms with Gasteiger partial charge < -0.3 is 19.7 Å². The van der Waals surface area contributed by atoms with Crippen molar-refractivity contribution in [3.05, 3.63) is 40.7 Å². The molecular weight excluding hydrogens is 481 g/mol. The Kier molecular flexibility index (Phi) is 10.3. The lowest BCUT2D eigenvalue weighted by molar-refractivity contribution is 0.382.